The Labute approximate surface area is 184 Å². The Morgan fingerprint density at radius 1 is 1.16 bits per heavy atom. The van der Waals surface area contributed by atoms with Crippen molar-refractivity contribution in [2.24, 2.45) is 0 Å². The van der Waals surface area contributed by atoms with Crippen molar-refractivity contribution in [3.05, 3.63) is 64.3 Å². The van der Waals surface area contributed by atoms with Crippen LogP contribution in [0.1, 0.15) is 24.5 Å². The van der Waals surface area contributed by atoms with Gasteiger partial charge in [-0.05, 0) is 50.6 Å². The Bertz CT molecular complexity index is 1370. The highest BCUT2D eigenvalue weighted by molar-refractivity contribution is 5.78. The highest BCUT2D eigenvalue weighted by Gasteiger charge is 2.10. The number of oxazole rings is 1. The first-order valence-corrected chi connectivity index (χ1v) is 10.1. The van der Waals surface area contributed by atoms with E-state index in [0.29, 0.717) is 35.0 Å². The summed E-state index contributed by atoms with van der Waals surface area (Å²) in [5.41, 5.74) is 4.43. The molecule has 0 saturated heterocycles. The van der Waals surface area contributed by atoms with Crippen LogP contribution in [0.4, 0.5) is 23.1 Å². The lowest BCUT2D eigenvalue weighted by Gasteiger charge is -2.16. The van der Waals surface area contributed by atoms with Crippen LogP contribution in [-0.2, 0) is 0 Å². The Morgan fingerprint density at radius 3 is 2.75 bits per heavy atom. The number of nitrogens with zero attached hydrogens (tertiary/aromatic N) is 3. The molecule has 3 N–H and O–H groups in total. The van der Waals surface area contributed by atoms with Crippen LogP contribution >= 0.6 is 0 Å². The molecule has 2 aromatic heterocycles. The summed E-state index contributed by atoms with van der Waals surface area (Å²) in [4.78, 5) is 23.0. The fourth-order valence-corrected chi connectivity index (χ4v) is 3.12. The molecule has 0 aliphatic rings. The monoisotopic (exact) mass is 430 g/mol. The highest BCUT2D eigenvalue weighted by atomic mass is 16.5. The molecule has 2 aromatic carbocycles. The smallest absolute Gasteiger partial charge is 0.417 e. The molecule has 4 aromatic rings. The van der Waals surface area contributed by atoms with Crippen molar-refractivity contribution in [1.82, 2.24) is 15.0 Å². The minimum Gasteiger partial charge on any atom is -0.489 e. The molecule has 4 rings (SSSR count). The fraction of sp³-hybridized carbons (Fsp3) is 0.217. The zero-order valence-electron chi connectivity index (χ0n) is 17.9. The average Bonchev–Trinajstić information content (AvgIpc) is 3.12. The molecule has 32 heavy (non-hydrogen) atoms. The number of anilines is 4. The first-order chi connectivity index (χ1) is 15.4. The predicted molar refractivity (Wildman–Crippen MR) is 122 cm³/mol. The van der Waals surface area contributed by atoms with E-state index < -0.39 is 5.76 Å². The molecule has 0 fully saturated rings. The van der Waals surface area contributed by atoms with Crippen molar-refractivity contribution in [2.45, 2.75) is 33.3 Å². The second-order valence-electron chi connectivity index (χ2n) is 7.47. The summed E-state index contributed by atoms with van der Waals surface area (Å²) in [7, 11) is 0. The van der Waals surface area contributed by atoms with Crippen LogP contribution in [0.15, 0.2) is 51.8 Å². The van der Waals surface area contributed by atoms with Crippen LogP contribution in [0, 0.1) is 25.2 Å². The van der Waals surface area contributed by atoms with Gasteiger partial charge in [-0.15, -0.1) is 0 Å². The number of benzene rings is 2. The Balaban J connectivity index is 1.54. The van der Waals surface area contributed by atoms with E-state index in [1.807, 2.05) is 39.0 Å². The summed E-state index contributed by atoms with van der Waals surface area (Å²) < 4.78 is 10.9. The summed E-state index contributed by atoms with van der Waals surface area (Å²) in [5, 5.41) is 15.3. The van der Waals surface area contributed by atoms with Crippen LogP contribution in [0.3, 0.4) is 0 Å². The lowest BCUT2D eigenvalue weighted by molar-refractivity contribution is 0.225. The van der Waals surface area contributed by atoms with Gasteiger partial charge in [0.05, 0.1) is 18.0 Å². The molecular formula is C23H22N6O3. The maximum absolute atomic E-state index is 11.4. The topological polar surface area (TPSA) is 129 Å². The molecular weight excluding hydrogens is 408 g/mol. The molecule has 0 bridgehead atoms. The maximum Gasteiger partial charge on any atom is 0.417 e. The maximum atomic E-state index is 11.4. The summed E-state index contributed by atoms with van der Waals surface area (Å²) in [6.45, 7) is 5.71. The molecule has 9 nitrogen and oxygen atoms in total. The second kappa shape index (κ2) is 8.81. The average molecular weight is 430 g/mol. The molecule has 9 heteroatoms. The number of aromatic amines is 1. The van der Waals surface area contributed by atoms with Gasteiger partial charge >= 0.3 is 5.76 Å². The highest BCUT2D eigenvalue weighted by Crippen LogP contribution is 2.27. The van der Waals surface area contributed by atoms with Crippen molar-refractivity contribution in [2.75, 3.05) is 10.6 Å². The lowest BCUT2D eigenvalue weighted by atomic mass is 10.2. The van der Waals surface area contributed by atoms with Crippen LogP contribution in [0.2, 0.25) is 0 Å². The van der Waals surface area contributed by atoms with Crippen molar-refractivity contribution >= 4 is 34.2 Å². The van der Waals surface area contributed by atoms with E-state index in [-0.39, 0.29) is 6.10 Å². The van der Waals surface area contributed by atoms with Crippen molar-refractivity contribution in [3.8, 4) is 11.8 Å². The third-order valence-corrected chi connectivity index (χ3v) is 4.80. The quantitative estimate of drug-likeness (QED) is 0.385. The van der Waals surface area contributed by atoms with Crippen LogP contribution in [0.5, 0.6) is 5.75 Å². The van der Waals surface area contributed by atoms with Gasteiger partial charge in [0.2, 0.25) is 5.95 Å². The molecule has 1 atom stereocenters. The van der Waals surface area contributed by atoms with Gasteiger partial charge in [-0.1, -0.05) is 6.07 Å². The number of hydrogen-bond acceptors (Lipinski definition) is 8. The van der Waals surface area contributed by atoms with Crippen LogP contribution in [-0.4, -0.2) is 21.1 Å². The first-order valence-electron chi connectivity index (χ1n) is 10.1. The van der Waals surface area contributed by atoms with E-state index in [2.05, 4.69) is 31.7 Å². The molecule has 0 radical (unpaired) electrons. The minimum absolute atomic E-state index is 0.206. The summed E-state index contributed by atoms with van der Waals surface area (Å²) in [6, 6.07) is 13.1. The number of nitrogens with one attached hydrogen (secondary N) is 3. The third kappa shape index (κ3) is 4.70. The normalized spacial score (nSPS) is 11.7. The van der Waals surface area contributed by atoms with Crippen molar-refractivity contribution < 1.29 is 9.15 Å². The first kappa shape index (κ1) is 20.9. The zero-order chi connectivity index (χ0) is 22.7. The fourth-order valence-electron chi connectivity index (χ4n) is 3.12. The standard InChI is InChI=1S/C23H22N6O3/c1-13-4-5-17(11-20(13)31-15(3)8-9-24)27-22-25-12-14(2)21(29-22)26-16-6-7-19-18(10-16)28-23(30)32-19/h4-7,10-12,15H,8H2,1-3H3,(H,28,30)(H2,25,26,27,29). The SMILES string of the molecule is Cc1ccc(Nc2ncc(C)c(Nc3ccc4oc(=O)[nH]c4c3)n2)cc1OC(C)CC#N. The molecule has 162 valence electrons. The van der Waals surface area contributed by atoms with Gasteiger partial charge in [-0.2, -0.15) is 10.2 Å². The molecule has 0 amide bonds. The van der Waals surface area contributed by atoms with Gasteiger partial charge in [0.25, 0.3) is 0 Å². The van der Waals surface area contributed by atoms with Crippen molar-refractivity contribution in [3.63, 3.8) is 0 Å². The lowest BCUT2D eigenvalue weighted by Crippen LogP contribution is -2.11. The third-order valence-electron chi connectivity index (χ3n) is 4.80. The van der Waals surface area contributed by atoms with Gasteiger partial charge in [0, 0.05) is 29.2 Å². The summed E-state index contributed by atoms with van der Waals surface area (Å²) in [5.74, 6) is 1.24. The number of rotatable bonds is 7. The Kier molecular flexibility index (Phi) is 5.77. The largest absolute Gasteiger partial charge is 0.489 e. The predicted octanol–water partition coefficient (Wildman–Crippen LogP) is 4.70. The van der Waals surface area contributed by atoms with E-state index >= 15 is 0 Å². The number of aryl methyl sites for hydroxylation is 2. The minimum atomic E-state index is -0.495. The van der Waals surface area contributed by atoms with E-state index in [4.69, 9.17) is 14.4 Å². The molecule has 2 heterocycles. The van der Waals surface area contributed by atoms with Gasteiger partial charge in [0.1, 0.15) is 17.7 Å². The van der Waals surface area contributed by atoms with Gasteiger partial charge in [-0.25, -0.2) is 9.78 Å². The van der Waals surface area contributed by atoms with Crippen LogP contribution in [0.25, 0.3) is 11.1 Å². The summed E-state index contributed by atoms with van der Waals surface area (Å²) in [6.07, 6.45) is 1.82. The second-order valence-corrected chi connectivity index (χ2v) is 7.47. The number of ether oxygens (including phenoxy) is 1. The van der Waals surface area contributed by atoms with Gasteiger partial charge in [-0.3, -0.25) is 4.98 Å². The molecule has 0 spiro atoms. The number of fused-ring (bicyclic) bond motifs is 1. The van der Waals surface area contributed by atoms with Gasteiger partial charge in [0.15, 0.2) is 5.58 Å². The molecule has 0 aliphatic carbocycles. The Hall–Kier alpha value is -4.32. The number of aromatic nitrogens is 3. The number of H-pyrrole nitrogens is 1. The van der Waals surface area contributed by atoms with E-state index in [1.54, 1.807) is 24.4 Å². The van der Waals surface area contributed by atoms with Crippen LogP contribution < -0.4 is 21.1 Å². The zero-order valence-corrected chi connectivity index (χ0v) is 17.9. The molecule has 0 saturated carbocycles. The van der Waals surface area contributed by atoms with E-state index in [0.717, 1.165) is 22.5 Å². The molecule has 0 aliphatic heterocycles. The number of nitriles is 1. The van der Waals surface area contributed by atoms with E-state index in [9.17, 15) is 4.79 Å². The van der Waals surface area contributed by atoms with E-state index in [1.165, 1.54) is 0 Å². The van der Waals surface area contributed by atoms with Crippen molar-refractivity contribution in [1.29, 1.82) is 5.26 Å². The molecule has 1 unspecified atom stereocenters. The number of hydrogen-bond donors (Lipinski definition) is 3. The summed E-state index contributed by atoms with van der Waals surface area (Å²) >= 11 is 0. The Morgan fingerprint density at radius 2 is 1.94 bits per heavy atom. The van der Waals surface area contributed by atoms with Gasteiger partial charge < -0.3 is 19.8 Å².